The van der Waals surface area contributed by atoms with Crippen LogP contribution < -0.4 is 10.6 Å². The number of rotatable bonds is 2. The van der Waals surface area contributed by atoms with Gasteiger partial charge in [0.05, 0.1) is 0 Å². The maximum Gasteiger partial charge on any atom is 0.408 e. The fourth-order valence-electron chi connectivity index (χ4n) is 1.11. The molecule has 13 heavy (non-hydrogen) atoms. The smallest absolute Gasteiger partial charge is 0.341 e. The quantitative estimate of drug-likeness (QED) is 0.685. The second-order valence-electron chi connectivity index (χ2n) is 3.08. The van der Waals surface area contributed by atoms with Gasteiger partial charge in [0.2, 0.25) is 0 Å². The molecule has 76 valence electrons. The second-order valence-corrected chi connectivity index (χ2v) is 3.08. The van der Waals surface area contributed by atoms with Crippen molar-refractivity contribution >= 4 is 6.03 Å². The third-order valence-electron chi connectivity index (χ3n) is 1.96. The molecule has 2 N–H and O–H groups in total. The van der Waals surface area contributed by atoms with Gasteiger partial charge in [0, 0.05) is 7.05 Å². The second kappa shape index (κ2) is 3.43. The summed E-state index contributed by atoms with van der Waals surface area (Å²) in [5, 5.41) is 3.99. The minimum absolute atomic E-state index is 0.433. The van der Waals surface area contributed by atoms with Crippen LogP contribution in [-0.4, -0.2) is 25.3 Å². The monoisotopic (exact) mass is 196 g/mol. The highest BCUT2D eigenvalue weighted by molar-refractivity contribution is 5.74. The van der Waals surface area contributed by atoms with Crippen LogP contribution in [0.25, 0.3) is 0 Å². The minimum atomic E-state index is -4.34. The maximum atomic E-state index is 12.3. The third-order valence-corrected chi connectivity index (χ3v) is 1.96. The highest BCUT2D eigenvalue weighted by Gasteiger charge is 2.49. The SMILES string of the molecule is CNC(=O)NC(C1CC1)C(F)(F)F. The molecule has 0 radical (unpaired) electrons. The molecule has 1 fully saturated rings. The normalized spacial score (nSPS) is 19.4. The van der Waals surface area contributed by atoms with Gasteiger partial charge in [-0.25, -0.2) is 4.79 Å². The average Bonchev–Trinajstić information content (AvgIpc) is 2.80. The number of urea groups is 1. The van der Waals surface area contributed by atoms with E-state index in [1.807, 2.05) is 5.32 Å². The zero-order valence-corrected chi connectivity index (χ0v) is 7.11. The van der Waals surface area contributed by atoms with Crippen LogP contribution in [0.2, 0.25) is 0 Å². The van der Waals surface area contributed by atoms with Gasteiger partial charge in [-0.3, -0.25) is 0 Å². The summed E-state index contributed by atoms with van der Waals surface area (Å²) < 4.78 is 36.8. The lowest BCUT2D eigenvalue weighted by Gasteiger charge is -2.20. The zero-order chi connectivity index (χ0) is 10.1. The first-order chi connectivity index (χ1) is 5.95. The first-order valence-corrected chi connectivity index (χ1v) is 4.00. The minimum Gasteiger partial charge on any atom is -0.341 e. The molecule has 0 spiro atoms. The molecule has 0 aromatic carbocycles. The van der Waals surface area contributed by atoms with Crippen LogP contribution in [-0.2, 0) is 0 Å². The standard InChI is InChI=1S/C7H11F3N2O/c1-11-6(13)12-5(4-2-3-4)7(8,9)10/h4-5H,2-3H2,1H3,(H2,11,12,13). The Morgan fingerprint density at radius 3 is 2.31 bits per heavy atom. The van der Waals surface area contributed by atoms with Gasteiger partial charge in [-0.15, -0.1) is 0 Å². The Morgan fingerprint density at radius 1 is 1.46 bits per heavy atom. The van der Waals surface area contributed by atoms with Gasteiger partial charge in [-0.05, 0) is 18.8 Å². The molecule has 0 bridgehead atoms. The average molecular weight is 196 g/mol. The van der Waals surface area contributed by atoms with Gasteiger partial charge in [0.1, 0.15) is 6.04 Å². The van der Waals surface area contributed by atoms with Gasteiger partial charge >= 0.3 is 12.2 Å². The first kappa shape index (κ1) is 10.1. The van der Waals surface area contributed by atoms with E-state index in [-0.39, 0.29) is 0 Å². The number of halogens is 3. The summed E-state index contributed by atoms with van der Waals surface area (Å²) in [6, 6.07) is -2.47. The molecule has 1 aliphatic rings. The molecule has 1 rings (SSSR count). The zero-order valence-electron chi connectivity index (χ0n) is 7.11. The van der Waals surface area contributed by atoms with Crippen molar-refractivity contribution in [1.29, 1.82) is 0 Å². The van der Waals surface area contributed by atoms with Crippen LogP contribution in [0.4, 0.5) is 18.0 Å². The molecule has 0 saturated heterocycles. The number of amides is 2. The van der Waals surface area contributed by atoms with E-state index in [2.05, 4.69) is 5.32 Å². The summed E-state index contributed by atoms with van der Waals surface area (Å²) in [6.07, 6.45) is -3.27. The van der Waals surface area contributed by atoms with Gasteiger partial charge in [0.15, 0.2) is 0 Å². The van der Waals surface area contributed by atoms with Crippen molar-refractivity contribution in [2.45, 2.75) is 25.1 Å². The number of hydrogen-bond acceptors (Lipinski definition) is 1. The summed E-state index contributed by atoms with van der Waals surface area (Å²) in [7, 11) is 1.29. The number of nitrogens with one attached hydrogen (secondary N) is 2. The number of carbonyl (C=O) groups excluding carboxylic acids is 1. The van der Waals surface area contributed by atoms with Gasteiger partial charge in [-0.2, -0.15) is 13.2 Å². The van der Waals surface area contributed by atoms with Crippen LogP contribution in [0.15, 0.2) is 0 Å². The van der Waals surface area contributed by atoms with Crippen LogP contribution in [0.1, 0.15) is 12.8 Å². The molecule has 1 aliphatic carbocycles. The Labute approximate surface area is 73.7 Å². The van der Waals surface area contributed by atoms with Gasteiger partial charge in [0.25, 0.3) is 0 Å². The number of carbonyl (C=O) groups is 1. The fraction of sp³-hybridized carbons (Fsp3) is 0.857. The molecular formula is C7H11F3N2O. The summed E-state index contributed by atoms with van der Waals surface area (Å²) in [6.45, 7) is 0. The van der Waals surface area contributed by atoms with Crippen molar-refractivity contribution in [3.8, 4) is 0 Å². The molecule has 6 heteroatoms. The Hall–Kier alpha value is -0.940. The van der Waals surface area contributed by atoms with Crippen molar-refractivity contribution in [3.63, 3.8) is 0 Å². The lowest BCUT2D eigenvalue weighted by Crippen LogP contribution is -2.49. The predicted octanol–water partition coefficient (Wildman–Crippen LogP) is 1.26. The van der Waals surface area contributed by atoms with Gasteiger partial charge < -0.3 is 10.6 Å². The van der Waals surface area contributed by atoms with E-state index in [1.54, 1.807) is 0 Å². The largest absolute Gasteiger partial charge is 0.408 e. The van der Waals surface area contributed by atoms with E-state index in [0.29, 0.717) is 12.8 Å². The number of hydrogen-bond donors (Lipinski definition) is 2. The maximum absolute atomic E-state index is 12.3. The first-order valence-electron chi connectivity index (χ1n) is 4.00. The summed E-state index contributed by atoms with van der Waals surface area (Å²) in [5.41, 5.74) is 0. The summed E-state index contributed by atoms with van der Waals surface area (Å²) in [5.74, 6) is -0.433. The number of alkyl halides is 3. The van der Waals surface area contributed by atoms with E-state index in [4.69, 9.17) is 0 Å². The molecule has 2 amide bonds. The third kappa shape index (κ3) is 2.78. The van der Waals surface area contributed by atoms with Crippen molar-refractivity contribution in [3.05, 3.63) is 0 Å². The van der Waals surface area contributed by atoms with E-state index >= 15 is 0 Å². The van der Waals surface area contributed by atoms with Crippen molar-refractivity contribution in [2.75, 3.05) is 7.05 Å². The molecule has 0 aliphatic heterocycles. The molecule has 1 unspecified atom stereocenters. The molecule has 3 nitrogen and oxygen atoms in total. The molecular weight excluding hydrogens is 185 g/mol. The summed E-state index contributed by atoms with van der Waals surface area (Å²) >= 11 is 0. The summed E-state index contributed by atoms with van der Waals surface area (Å²) in [4.78, 5) is 10.7. The van der Waals surface area contributed by atoms with E-state index in [1.165, 1.54) is 7.05 Å². The van der Waals surface area contributed by atoms with Crippen molar-refractivity contribution in [1.82, 2.24) is 10.6 Å². The van der Waals surface area contributed by atoms with Crippen molar-refractivity contribution < 1.29 is 18.0 Å². The van der Waals surface area contributed by atoms with E-state index < -0.39 is 24.2 Å². The van der Waals surface area contributed by atoms with Crippen LogP contribution in [0.3, 0.4) is 0 Å². The molecule has 0 heterocycles. The lowest BCUT2D eigenvalue weighted by molar-refractivity contribution is -0.157. The van der Waals surface area contributed by atoms with Crippen LogP contribution >= 0.6 is 0 Å². The highest BCUT2D eigenvalue weighted by atomic mass is 19.4. The topological polar surface area (TPSA) is 41.1 Å². The molecule has 0 aromatic rings. The van der Waals surface area contributed by atoms with E-state index in [0.717, 1.165) is 0 Å². The Balaban J connectivity index is 2.53. The Kier molecular flexibility index (Phi) is 2.68. The van der Waals surface area contributed by atoms with Crippen LogP contribution in [0, 0.1) is 5.92 Å². The molecule has 1 saturated carbocycles. The van der Waals surface area contributed by atoms with Crippen molar-refractivity contribution in [2.24, 2.45) is 5.92 Å². The van der Waals surface area contributed by atoms with Gasteiger partial charge in [-0.1, -0.05) is 0 Å². The Morgan fingerprint density at radius 2 is 2.00 bits per heavy atom. The highest BCUT2D eigenvalue weighted by Crippen LogP contribution is 2.39. The molecule has 1 atom stereocenters. The van der Waals surface area contributed by atoms with E-state index in [9.17, 15) is 18.0 Å². The molecule has 0 aromatic heterocycles. The lowest BCUT2D eigenvalue weighted by atomic mass is 10.2. The Bertz CT molecular complexity index is 200. The van der Waals surface area contributed by atoms with Crippen LogP contribution in [0.5, 0.6) is 0 Å². The fourth-order valence-corrected chi connectivity index (χ4v) is 1.11. The predicted molar refractivity (Wildman–Crippen MR) is 40.2 cm³/mol.